The summed E-state index contributed by atoms with van der Waals surface area (Å²) in [5, 5.41) is 9.37. The first-order valence-corrected chi connectivity index (χ1v) is 13.0. The van der Waals surface area contributed by atoms with Crippen LogP contribution in [0, 0.1) is 17.0 Å². The quantitative estimate of drug-likeness (QED) is 0.375. The predicted octanol–water partition coefficient (Wildman–Crippen LogP) is 5.54. The first-order chi connectivity index (χ1) is 17.8. The van der Waals surface area contributed by atoms with Gasteiger partial charge in [-0.1, -0.05) is 29.0 Å². The third-order valence-electron chi connectivity index (χ3n) is 6.41. The van der Waals surface area contributed by atoms with E-state index in [1.54, 1.807) is 36.5 Å². The minimum atomic E-state index is -1.05. The minimum absolute atomic E-state index is 0.0483. The standard InChI is InChI=1S/C26H27ClFN3O5S/c1-31(25(34)17(12-22(32)33)11-15-7-9-36-10-8-15)26-30-23(24(28)37-26)20-13-18(27)4-5-19(20)16-3-6-21(35-2)29-14-16/h3-6,13-15,17H,7-12H2,1-2H3,(H,32,33)/t17-/m1/s1. The zero-order valence-corrected chi connectivity index (χ0v) is 22.0. The molecule has 1 aromatic carbocycles. The summed E-state index contributed by atoms with van der Waals surface area (Å²) in [5.74, 6) is -1.56. The molecule has 0 unspecified atom stereocenters. The lowest BCUT2D eigenvalue weighted by molar-refractivity contribution is -0.141. The molecule has 0 spiro atoms. The molecule has 1 fully saturated rings. The largest absolute Gasteiger partial charge is 0.481 e. The highest BCUT2D eigenvalue weighted by Gasteiger charge is 2.31. The van der Waals surface area contributed by atoms with Crippen molar-refractivity contribution in [2.45, 2.75) is 25.7 Å². The number of hydrogen-bond donors (Lipinski definition) is 1. The molecule has 0 aliphatic carbocycles. The Morgan fingerprint density at radius 2 is 2.03 bits per heavy atom. The molecule has 1 aliphatic heterocycles. The molecule has 1 saturated heterocycles. The Balaban J connectivity index is 1.63. The van der Waals surface area contributed by atoms with E-state index in [2.05, 4.69) is 9.97 Å². The lowest BCUT2D eigenvalue weighted by atomic mass is 9.86. The van der Waals surface area contributed by atoms with Gasteiger partial charge in [0.25, 0.3) is 0 Å². The Kier molecular flexibility index (Phi) is 8.73. The third-order valence-corrected chi connectivity index (χ3v) is 7.57. The number of aliphatic carboxylic acids is 1. The molecule has 1 atom stereocenters. The summed E-state index contributed by atoms with van der Waals surface area (Å²) in [7, 11) is 3.01. The highest BCUT2D eigenvalue weighted by molar-refractivity contribution is 7.14. The average Bonchev–Trinajstić information content (AvgIpc) is 3.29. The molecule has 37 heavy (non-hydrogen) atoms. The summed E-state index contributed by atoms with van der Waals surface area (Å²) in [4.78, 5) is 34.8. The molecule has 2 aromatic heterocycles. The van der Waals surface area contributed by atoms with Crippen LogP contribution in [0.5, 0.6) is 5.88 Å². The lowest BCUT2D eigenvalue weighted by Gasteiger charge is -2.27. The van der Waals surface area contributed by atoms with Gasteiger partial charge in [0.1, 0.15) is 5.69 Å². The van der Waals surface area contributed by atoms with Crippen LogP contribution in [0.25, 0.3) is 22.4 Å². The first-order valence-electron chi connectivity index (χ1n) is 11.8. The molecule has 3 heterocycles. The van der Waals surface area contributed by atoms with Crippen molar-refractivity contribution in [3.05, 3.63) is 46.7 Å². The van der Waals surface area contributed by atoms with Gasteiger partial charge in [-0.05, 0) is 48.9 Å². The van der Waals surface area contributed by atoms with E-state index in [1.165, 1.54) is 19.1 Å². The number of carbonyl (C=O) groups is 2. The number of anilines is 1. The van der Waals surface area contributed by atoms with E-state index in [9.17, 15) is 14.7 Å². The zero-order chi connectivity index (χ0) is 26.5. The van der Waals surface area contributed by atoms with Crippen LogP contribution in [0.1, 0.15) is 25.7 Å². The van der Waals surface area contributed by atoms with E-state index in [0.29, 0.717) is 47.2 Å². The van der Waals surface area contributed by atoms with Crippen molar-refractivity contribution in [2.75, 3.05) is 32.3 Å². The maximum absolute atomic E-state index is 15.3. The molecule has 1 amide bonds. The molecule has 4 rings (SSSR count). The number of benzene rings is 1. The normalized spacial score (nSPS) is 14.8. The number of thiazole rings is 1. The molecule has 196 valence electrons. The van der Waals surface area contributed by atoms with Gasteiger partial charge in [-0.25, -0.2) is 9.97 Å². The molecule has 11 heteroatoms. The second-order valence-corrected chi connectivity index (χ2v) is 10.2. The predicted molar refractivity (Wildman–Crippen MR) is 140 cm³/mol. The molecule has 1 N–H and O–H groups in total. The number of hydrogen-bond acceptors (Lipinski definition) is 7. The second kappa shape index (κ2) is 12.0. The molecular formula is C26H27ClFN3O5S. The number of aromatic nitrogens is 2. The fourth-order valence-electron chi connectivity index (χ4n) is 4.46. The number of pyridine rings is 1. The van der Waals surface area contributed by atoms with Crippen LogP contribution in [0.2, 0.25) is 5.02 Å². The number of halogens is 2. The van der Waals surface area contributed by atoms with Gasteiger partial charge in [-0.2, -0.15) is 4.39 Å². The highest BCUT2D eigenvalue weighted by atomic mass is 35.5. The van der Waals surface area contributed by atoms with E-state index in [0.717, 1.165) is 24.2 Å². The minimum Gasteiger partial charge on any atom is -0.481 e. The summed E-state index contributed by atoms with van der Waals surface area (Å²) in [5.41, 5.74) is 1.87. The van der Waals surface area contributed by atoms with Crippen LogP contribution in [0.15, 0.2) is 36.5 Å². The van der Waals surface area contributed by atoms with Gasteiger partial charge < -0.3 is 14.6 Å². The van der Waals surface area contributed by atoms with Crippen LogP contribution < -0.4 is 9.64 Å². The summed E-state index contributed by atoms with van der Waals surface area (Å²) >= 11 is 6.97. The van der Waals surface area contributed by atoms with Crippen LogP contribution in [0.3, 0.4) is 0 Å². The summed E-state index contributed by atoms with van der Waals surface area (Å²) in [6.07, 6.45) is 3.30. The van der Waals surface area contributed by atoms with Gasteiger partial charge in [0.15, 0.2) is 5.13 Å². The molecule has 8 nitrogen and oxygen atoms in total. The number of methoxy groups -OCH3 is 1. The summed E-state index contributed by atoms with van der Waals surface area (Å²) in [6.45, 7) is 1.20. The maximum Gasteiger partial charge on any atom is 0.304 e. The van der Waals surface area contributed by atoms with Crippen molar-refractivity contribution >= 4 is 39.9 Å². The summed E-state index contributed by atoms with van der Waals surface area (Å²) in [6, 6.07) is 8.56. The molecule has 1 aliphatic rings. The topological polar surface area (TPSA) is 102 Å². The van der Waals surface area contributed by atoms with E-state index in [1.807, 2.05) is 0 Å². The van der Waals surface area contributed by atoms with E-state index >= 15 is 4.39 Å². The number of rotatable bonds is 9. The van der Waals surface area contributed by atoms with Crippen molar-refractivity contribution in [3.63, 3.8) is 0 Å². The highest BCUT2D eigenvalue weighted by Crippen LogP contribution is 2.39. The van der Waals surface area contributed by atoms with Crippen LogP contribution in [-0.2, 0) is 14.3 Å². The van der Waals surface area contributed by atoms with Gasteiger partial charge in [0, 0.05) is 54.6 Å². The number of nitrogens with zero attached hydrogens (tertiary/aromatic N) is 3. The number of carbonyl (C=O) groups excluding carboxylic acids is 1. The van der Waals surface area contributed by atoms with E-state index in [4.69, 9.17) is 21.1 Å². The molecule has 0 saturated carbocycles. The smallest absolute Gasteiger partial charge is 0.304 e. The number of carboxylic acid groups (broad SMARTS) is 1. The molecule has 0 radical (unpaired) electrons. The van der Waals surface area contributed by atoms with Crippen LogP contribution in [-0.4, -0.2) is 54.3 Å². The van der Waals surface area contributed by atoms with Crippen LogP contribution >= 0.6 is 22.9 Å². The first kappa shape index (κ1) is 27.0. The van der Waals surface area contributed by atoms with Gasteiger partial charge in [-0.3, -0.25) is 14.5 Å². The Labute approximate surface area is 223 Å². The monoisotopic (exact) mass is 547 g/mol. The number of carboxylic acids is 1. The van der Waals surface area contributed by atoms with Crippen molar-refractivity contribution in [3.8, 4) is 28.3 Å². The van der Waals surface area contributed by atoms with Crippen molar-refractivity contribution in [2.24, 2.45) is 11.8 Å². The lowest BCUT2D eigenvalue weighted by Crippen LogP contribution is -2.35. The SMILES string of the molecule is COc1ccc(-c2ccc(Cl)cc2-c2nc(N(C)C(=O)[C@@H](CC(=O)O)CC3CCOCC3)sc2F)cn1. The third kappa shape index (κ3) is 6.44. The maximum atomic E-state index is 15.3. The Morgan fingerprint density at radius 1 is 1.27 bits per heavy atom. The zero-order valence-electron chi connectivity index (χ0n) is 20.4. The number of ether oxygens (including phenoxy) is 2. The average molecular weight is 548 g/mol. The van der Waals surface area contributed by atoms with Gasteiger partial charge in [-0.15, -0.1) is 0 Å². The molecule has 3 aromatic rings. The van der Waals surface area contributed by atoms with Crippen molar-refractivity contribution < 1.29 is 28.6 Å². The van der Waals surface area contributed by atoms with E-state index in [-0.39, 0.29) is 23.2 Å². The molecular weight excluding hydrogens is 521 g/mol. The van der Waals surface area contributed by atoms with Crippen molar-refractivity contribution in [1.29, 1.82) is 0 Å². The summed E-state index contributed by atoms with van der Waals surface area (Å²) < 4.78 is 25.8. The van der Waals surface area contributed by atoms with Gasteiger partial charge >= 0.3 is 5.97 Å². The van der Waals surface area contributed by atoms with Gasteiger partial charge in [0.2, 0.25) is 16.9 Å². The second-order valence-electron chi connectivity index (χ2n) is 8.88. The Bertz CT molecular complexity index is 1260. The fraction of sp³-hybridized carbons (Fsp3) is 0.385. The molecule has 0 bridgehead atoms. The Morgan fingerprint density at radius 3 is 2.68 bits per heavy atom. The van der Waals surface area contributed by atoms with E-state index < -0.39 is 22.9 Å². The Hall–Kier alpha value is -3.08. The van der Waals surface area contributed by atoms with Crippen molar-refractivity contribution in [1.82, 2.24) is 9.97 Å². The fourth-order valence-corrected chi connectivity index (χ4v) is 5.41. The van der Waals surface area contributed by atoms with Crippen LogP contribution in [0.4, 0.5) is 9.52 Å². The number of amides is 1. The van der Waals surface area contributed by atoms with Gasteiger partial charge in [0.05, 0.1) is 13.5 Å².